The quantitative estimate of drug-likeness (QED) is 0.682. The summed E-state index contributed by atoms with van der Waals surface area (Å²) >= 11 is 0. The van der Waals surface area contributed by atoms with Crippen LogP contribution in [0.1, 0.15) is 55.4 Å². The third kappa shape index (κ3) is 2.72. The van der Waals surface area contributed by atoms with Gasteiger partial charge in [-0.3, -0.25) is 4.79 Å². The monoisotopic (exact) mass is 237 g/mol. The standard InChI is InChI=1S/C15H27NO/c1-10(2)16-9-11(14(3,4)5)12(13(16)17)15(6,7)8/h10H,9H2,1-8H3. The van der Waals surface area contributed by atoms with Gasteiger partial charge >= 0.3 is 0 Å². The molecule has 0 N–H and O–H groups in total. The van der Waals surface area contributed by atoms with Crippen LogP contribution in [0.4, 0.5) is 0 Å². The zero-order valence-electron chi connectivity index (χ0n) is 12.6. The Morgan fingerprint density at radius 1 is 1.00 bits per heavy atom. The highest BCUT2D eigenvalue weighted by Crippen LogP contribution is 2.42. The van der Waals surface area contributed by atoms with Gasteiger partial charge in [0.25, 0.3) is 5.91 Å². The first-order chi connectivity index (χ1) is 7.46. The number of hydrogen-bond acceptors (Lipinski definition) is 1. The van der Waals surface area contributed by atoms with Crippen molar-refractivity contribution in [2.24, 2.45) is 10.8 Å². The Hall–Kier alpha value is -0.790. The molecule has 1 rings (SSSR count). The van der Waals surface area contributed by atoms with Crippen LogP contribution in [-0.2, 0) is 4.79 Å². The van der Waals surface area contributed by atoms with Crippen LogP contribution in [0.15, 0.2) is 11.1 Å². The Morgan fingerprint density at radius 2 is 1.47 bits per heavy atom. The van der Waals surface area contributed by atoms with Gasteiger partial charge in [-0.05, 0) is 30.3 Å². The average Bonchev–Trinajstić information content (AvgIpc) is 2.40. The zero-order valence-corrected chi connectivity index (χ0v) is 12.6. The lowest BCUT2D eigenvalue weighted by molar-refractivity contribution is -0.127. The minimum absolute atomic E-state index is 0.0661. The average molecular weight is 237 g/mol. The molecule has 17 heavy (non-hydrogen) atoms. The van der Waals surface area contributed by atoms with E-state index in [9.17, 15) is 4.79 Å². The van der Waals surface area contributed by atoms with Crippen molar-refractivity contribution in [3.8, 4) is 0 Å². The van der Waals surface area contributed by atoms with Crippen LogP contribution in [0.2, 0.25) is 0 Å². The Kier molecular flexibility index (Phi) is 3.48. The summed E-state index contributed by atoms with van der Waals surface area (Å²) in [4.78, 5) is 14.5. The van der Waals surface area contributed by atoms with E-state index >= 15 is 0 Å². The molecule has 0 aliphatic carbocycles. The van der Waals surface area contributed by atoms with Crippen LogP contribution in [0, 0.1) is 10.8 Å². The van der Waals surface area contributed by atoms with E-state index in [2.05, 4.69) is 55.4 Å². The SMILES string of the molecule is CC(C)N1CC(C(C)(C)C)=C(C(C)(C)C)C1=O. The van der Waals surface area contributed by atoms with E-state index in [1.807, 2.05) is 4.90 Å². The van der Waals surface area contributed by atoms with Crippen LogP contribution in [-0.4, -0.2) is 23.4 Å². The number of rotatable bonds is 1. The molecule has 0 aromatic heterocycles. The molecule has 0 saturated heterocycles. The summed E-state index contributed by atoms with van der Waals surface area (Å²) in [5.74, 6) is 0.234. The fraction of sp³-hybridized carbons (Fsp3) is 0.800. The topological polar surface area (TPSA) is 20.3 Å². The van der Waals surface area contributed by atoms with Gasteiger partial charge in [-0.25, -0.2) is 0 Å². The van der Waals surface area contributed by atoms with Gasteiger partial charge in [0.1, 0.15) is 0 Å². The second-order valence-corrected chi connectivity index (χ2v) is 7.38. The van der Waals surface area contributed by atoms with Crippen molar-refractivity contribution in [1.29, 1.82) is 0 Å². The predicted octanol–water partition coefficient (Wildman–Crippen LogP) is 3.63. The van der Waals surface area contributed by atoms with E-state index in [1.165, 1.54) is 5.57 Å². The van der Waals surface area contributed by atoms with Gasteiger partial charge in [-0.2, -0.15) is 0 Å². The molecule has 0 saturated carbocycles. The maximum absolute atomic E-state index is 12.5. The Bertz CT molecular complexity index is 350. The van der Waals surface area contributed by atoms with Crippen LogP contribution in [0.25, 0.3) is 0 Å². The maximum Gasteiger partial charge on any atom is 0.250 e. The lowest BCUT2D eigenvalue weighted by Crippen LogP contribution is -2.35. The summed E-state index contributed by atoms with van der Waals surface area (Å²) in [5.41, 5.74) is 2.34. The Labute approximate surface area is 106 Å². The molecule has 0 bridgehead atoms. The molecule has 0 aromatic carbocycles. The van der Waals surface area contributed by atoms with Gasteiger partial charge in [0.2, 0.25) is 0 Å². The minimum Gasteiger partial charge on any atom is -0.332 e. The molecule has 0 atom stereocenters. The van der Waals surface area contributed by atoms with Crippen LogP contribution in [0.5, 0.6) is 0 Å². The van der Waals surface area contributed by atoms with Gasteiger partial charge in [0.15, 0.2) is 0 Å². The first kappa shape index (κ1) is 14.3. The highest BCUT2D eigenvalue weighted by molar-refractivity contribution is 5.98. The molecular formula is C15H27NO. The molecule has 1 amide bonds. The van der Waals surface area contributed by atoms with Gasteiger partial charge in [0.05, 0.1) is 0 Å². The van der Waals surface area contributed by atoms with Gasteiger partial charge in [-0.15, -0.1) is 0 Å². The van der Waals surface area contributed by atoms with E-state index < -0.39 is 0 Å². The molecule has 0 unspecified atom stereocenters. The molecule has 0 aromatic rings. The molecule has 1 heterocycles. The number of hydrogen-bond donors (Lipinski definition) is 0. The summed E-state index contributed by atoms with van der Waals surface area (Å²) in [6, 6.07) is 0.277. The largest absolute Gasteiger partial charge is 0.332 e. The highest BCUT2D eigenvalue weighted by atomic mass is 16.2. The van der Waals surface area contributed by atoms with Gasteiger partial charge in [-0.1, -0.05) is 41.5 Å². The molecule has 2 heteroatoms. The van der Waals surface area contributed by atoms with Crippen molar-refractivity contribution in [2.45, 2.75) is 61.4 Å². The van der Waals surface area contributed by atoms with E-state index in [0.717, 1.165) is 12.1 Å². The molecule has 1 aliphatic heterocycles. The second kappa shape index (κ2) is 4.15. The maximum atomic E-state index is 12.5. The normalized spacial score (nSPS) is 18.6. The van der Waals surface area contributed by atoms with E-state index in [4.69, 9.17) is 0 Å². The molecular weight excluding hydrogens is 210 g/mol. The summed E-state index contributed by atoms with van der Waals surface area (Å²) in [5, 5.41) is 0. The molecule has 2 nitrogen and oxygen atoms in total. The summed E-state index contributed by atoms with van der Waals surface area (Å²) in [6.45, 7) is 18.0. The minimum atomic E-state index is -0.0661. The molecule has 1 aliphatic rings. The van der Waals surface area contributed by atoms with Crippen LogP contribution >= 0.6 is 0 Å². The van der Waals surface area contributed by atoms with Crippen molar-refractivity contribution < 1.29 is 4.79 Å². The fourth-order valence-corrected chi connectivity index (χ4v) is 2.40. The first-order valence-electron chi connectivity index (χ1n) is 6.51. The third-order valence-electron chi connectivity index (χ3n) is 3.38. The summed E-state index contributed by atoms with van der Waals surface area (Å²) < 4.78 is 0. The Morgan fingerprint density at radius 3 is 1.71 bits per heavy atom. The van der Waals surface area contributed by atoms with Crippen molar-refractivity contribution in [1.82, 2.24) is 4.90 Å². The Balaban J connectivity index is 3.28. The summed E-state index contributed by atoms with van der Waals surface area (Å²) in [6.07, 6.45) is 0. The number of amides is 1. The van der Waals surface area contributed by atoms with Crippen LogP contribution < -0.4 is 0 Å². The van der Waals surface area contributed by atoms with E-state index in [1.54, 1.807) is 0 Å². The smallest absolute Gasteiger partial charge is 0.250 e. The van der Waals surface area contributed by atoms with E-state index in [0.29, 0.717) is 0 Å². The van der Waals surface area contributed by atoms with Crippen molar-refractivity contribution in [2.75, 3.05) is 6.54 Å². The van der Waals surface area contributed by atoms with Crippen LogP contribution in [0.3, 0.4) is 0 Å². The molecule has 0 radical (unpaired) electrons. The third-order valence-corrected chi connectivity index (χ3v) is 3.38. The van der Waals surface area contributed by atoms with Crippen molar-refractivity contribution in [3.63, 3.8) is 0 Å². The number of carbonyl (C=O) groups excluding carboxylic acids is 1. The van der Waals surface area contributed by atoms with E-state index in [-0.39, 0.29) is 22.8 Å². The fourth-order valence-electron chi connectivity index (χ4n) is 2.40. The highest BCUT2D eigenvalue weighted by Gasteiger charge is 2.41. The molecule has 98 valence electrons. The number of carbonyl (C=O) groups is 1. The predicted molar refractivity (Wildman–Crippen MR) is 72.8 cm³/mol. The zero-order chi connectivity index (χ0) is 13.6. The lowest BCUT2D eigenvalue weighted by atomic mass is 9.76. The second-order valence-electron chi connectivity index (χ2n) is 7.38. The van der Waals surface area contributed by atoms with Gasteiger partial charge in [0, 0.05) is 18.2 Å². The molecule has 0 spiro atoms. The first-order valence-corrected chi connectivity index (χ1v) is 6.51. The van der Waals surface area contributed by atoms with Crippen molar-refractivity contribution in [3.05, 3.63) is 11.1 Å². The molecule has 0 fully saturated rings. The number of nitrogens with zero attached hydrogens (tertiary/aromatic N) is 1. The lowest BCUT2D eigenvalue weighted by Gasteiger charge is -2.26. The van der Waals surface area contributed by atoms with Crippen molar-refractivity contribution >= 4 is 5.91 Å². The van der Waals surface area contributed by atoms with Gasteiger partial charge < -0.3 is 4.90 Å². The summed E-state index contributed by atoms with van der Waals surface area (Å²) in [7, 11) is 0.